The Bertz CT molecular complexity index is 824. The van der Waals surface area contributed by atoms with Crippen LogP contribution in [0.4, 0.5) is 0 Å². The summed E-state index contributed by atoms with van der Waals surface area (Å²) in [6.45, 7) is 8.29. The van der Waals surface area contributed by atoms with Gasteiger partial charge in [-0.15, -0.1) is 0 Å². The first-order valence-corrected chi connectivity index (χ1v) is 9.60. The Labute approximate surface area is 166 Å². The van der Waals surface area contributed by atoms with Gasteiger partial charge >= 0.3 is 0 Å². The first-order valence-electron chi connectivity index (χ1n) is 8.83. The highest BCUT2D eigenvalue weighted by molar-refractivity contribution is 7.09. The minimum Gasteiger partial charge on any atom is -0.493 e. The molecule has 0 saturated heterocycles. The third-order valence-electron chi connectivity index (χ3n) is 4.39. The zero-order valence-electron chi connectivity index (χ0n) is 16.7. The van der Waals surface area contributed by atoms with Crippen LogP contribution >= 0.6 is 11.5 Å². The van der Waals surface area contributed by atoms with Crippen LogP contribution in [-0.4, -0.2) is 25.7 Å². The molecule has 0 bridgehead atoms. The van der Waals surface area contributed by atoms with Crippen LogP contribution in [0.1, 0.15) is 32.3 Å². The van der Waals surface area contributed by atoms with Crippen LogP contribution in [0.25, 0.3) is 16.0 Å². The molecule has 0 amide bonds. The lowest BCUT2D eigenvalue weighted by molar-refractivity contribution is 0.324. The fraction of sp³-hybridized carbons (Fsp3) is 0.318. The molecule has 0 aliphatic rings. The smallest absolute Gasteiger partial charge is 0.203 e. The lowest BCUT2D eigenvalue weighted by atomic mass is 10.0. The molecular formula is C22H27NO3S. The van der Waals surface area contributed by atoms with Crippen molar-refractivity contribution in [3.8, 4) is 27.7 Å². The van der Waals surface area contributed by atoms with E-state index in [1.807, 2.05) is 24.4 Å². The van der Waals surface area contributed by atoms with E-state index in [4.69, 9.17) is 14.2 Å². The normalized spacial score (nSPS) is 12.0. The van der Waals surface area contributed by atoms with E-state index in [2.05, 4.69) is 37.0 Å². The molecule has 1 aromatic carbocycles. The van der Waals surface area contributed by atoms with E-state index in [1.165, 1.54) is 17.1 Å². The molecule has 0 aliphatic carbocycles. The molecule has 1 aromatic heterocycles. The Balaban J connectivity index is 2.49. The molecule has 0 unspecified atom stereocenters. The van der Waals surface area contributed by atoms with Gasteiger partial charge in [-0.3, -0.25) is 0 Å². The highest BCUT2D eigenvalue weighted by Gasteiger charge is 2.18. The third-order valence-corrected chi connectivity index (χ3v) is 5.24. The standard InChI is InChI=1S/C22H27NO3S/c1-7-15(3)10-9-11-16(8-2)18-14-23-27-22(18)17-12-19(24-4)21(26-6)20(13-17)25-5/h8,10-14H,2,7,9H2,1,3-6H3/b15-10-,16-11+. The Hall–Kier alpha value is -2.53. The van der Waals surface area contributed by atoms with Crippen molar-refractivity contribution >= 4 is 17.1 Å². The Morgan fingerprint density at radius 1 is 1.11 bits per heavy atom. The van der Waals surface area contributed by atoms with Gasteiger partial charge in [-0.2, -0.15) is 4.37 Å². The van der Waals surface area contributed by atoms with Crippen LogP contribution in [0.3, 0.4) is 0 Å². The minimum atomic E-state index is 0.578. The van der Waals surface area contributed by atoms with Gasteiger partial charge in [0.1, 0.15) is 0 Å². The highest BCUT2D eigenvalue weighted by Crippen LogP contribution is 2.43. The molecule has 0 atom stereocenters. The number of nitrogens with zero attached hydrogens (tertiary/aromatic N) is 1. The Kier molecular flexibility index (Phi) is 7.67. The summed E-state index contributed by atoms with van der Waals surface area (Å²) in [5.74, 6) is 1.82. The predicted molar refractivity (Wildman–Crippen MR) is 114 cm³/mol. The lowest BCUT2D eigenvalue weighted by Crippen LogP contribution is -1.95. The molecule has 2 rings (SSSR count). The molecule has 0 saturated carbocycles. The quantitative estimate of drug-likeness (QED) is 0.383. The van der Waals surface area contributed by atoms with E-state index in [-0.39, 0.29) is 0 Å². The Morgan fingerprint density at radius 3 is 2.30 bits per heavy atom. The summed E-state index contributed by atoms with van der Waals surface area (Å²) >= 11 is 1.44. The molecule has 1 heterocycles. The van der Waals surface area contributed by atoms with Crippen LogP contribution in [0.2, 0.25) is 0 Å². The first-order chi connectivity index (χ1) is 13.1. The molecule has 0 N–H and O–H groups in total. The van der Waals surface area contributed by atoms with Crippen molar-refractivity contribution in [1.29, 1.82) is 0 Å². The highest BCUT2D eigenvalue weighted by atomic mass is 32.1. The van der Waals surface area contributed by atoms with E-state index in [0.717, 1.165) is 34.4 Å². The largest absolute Gasteiger partial charge is 0.493 e. The van der Waals surface area contributed by atoms with Crippen molar-refractivity contribution in [2.75, 3.05) is 21.3 Å². The molecular weight excluding hydrogens is 358 g/mol. The number of benzene rings is 1. The van der Waals surface area contributed by atoms with Crippen LogP contribution in [0, 0.1) is 0 Å². The second-order valence-corrected chi connectivity index (χ2v) is 6.79. The second kappa shape index (κ2) is 9.97. The van der Waals surface area contributed by atoms with Gasteiger partial charge in [0, 0.05) is 17.3 Å². The molecule has 0 spiro atoms. The number of ether oxygens (including phenoxy) is 3. The summed E-state index contributed by atoms with van der Waals surface area (Å²) < 4.78 is 20.8. The number of allylic oxidation sites excluding steroid dienone is 5. The minimum absolute atomic E-state index is 0.578. The fourth-order valence-electron chi connectivity index (χ4n) is 2.70. The van der Waals surface area contributed by atoms with Crippen molar-refractivity contribution in [3.05, 3.63) is 54.3 Å². The number of hydrogen-bond donors (Lipinski definition) is 0. The summed E-state index contributed by atoms with van der Waals surface area (Å²) in [5.41, 5.74) is 4.46. The van der Waals surface area contributed by atoms with Gasteiger partial charge in [0.2, 0.25) is 5.75 Å². The van der Waals surface area contributed by atoms with Gasteiger partial charge in [0.25, 0.3) is 0 Å². The van der Waals surface area contributed by atoms with E-state index in [0.29, 0.717) is 17.2 Å². The van der Waals surface area contributed by atoms with E-state index in [1.54, 1.807) is 21.3 Å². The maximum absolute atomic E-state index is 5.48. The summed E-state index contributed by atoms with van der Waals surface area (Å²) in [5, 5.41) is 0. The van der Waals surface area contributed by atoms with E-state index < -0.39 is 0 Å². The lowest BCUT2D eigenvalue weighted by Gasteiger charge is -2.14. The first kappa shape index (κ1) is 20.8. The molecule has 4 nitrogen and oxygen atoms in total. The SMILES string of the molecule is C=C/C(=C\C/C=C(/C)CC)c1cnsc1-c1cc(OC)c(OC)c(OC)c1. The topological polar surface area (TPSA) is 40.6 Å². The molecule has 0 radical (unpaired) electrons. The second-order valence-electron chi connectivity index (χ2n) is 5.99. The van der Waals surface area contributed by atoms with E-state index in [9.17, 15) is 0 Å². The number of hydrogen-bond acceptors (Lipinski definition) is 5. The summed E-state index contributed by atoms with van der Waals surface area (Å²) in [4.78, 5) is 1.04. The van der Waals surface area contributed by atoms with Gasteiger partial charge in [-0.05, 0) is 49.0 Å². The predicted octanol–water partition coefficient (Wildman–Crippen LogP) is 6.15. The molecule has 0 aliphatic heterocycles. The van der Waals surface area contributed by atoms with Crippen molar-refractivity contribution in [3.63, 3.8) is 0 Å². The molecule has 27 heavy (non-hydrogen) atoms. The number of rotatable bonds is 9. The van der Waals surface area contributed by atoms with Crippen molar-refractivity contribution < 1.29 is 14.2 Å². The maximum Gasteiger partial charge on any atom is 0.203 e. The summed E-state index contributed by atoms with van der Waals surface area (Å²) in [6, 6.07) is 3.89. The van der Waals surface area contributed by atoms with Gasteiger partial charge in [-0.1, -0.05) is 37.3 Å². The maximum atomic E-state index is 5.48. The third kappa shape index (κ3) is 4.80. The Morgan fingerprint density at radius 2 is 1.78 bits per heavy atom. The molecule has 2 aromatic rings. The van der Waals surface area contributed by atoms with Crippen molar-refractivity contribution in [2.24, 2.45) is 0 Å². The monoisotopic (exact) mass is 385 g/mol. The molecule has 0 fully saturated rings. The molecule has 5 heteroatoms. The van der Waals surface area contributed by atoms with E-state index >= 15 is 0 Å². The van der Waals surface area contributed by atoms with Crippen LogP contribution in [-0.2, 0) is 0 Å². The summed E-state index contributed by atoms with van der Waals surface area (Å²) in [7, 11) is 4.83. The fourth-order valence-corrected chi connectivity index (χ4v) is 3.46. The van der Waals surface area contributed by atoms with Crippen LogP contribution in [0.5, 0.6) is 17.2 Å². The zero-order chi connectivity index (χ0) is 19.8. The van der Waals surface area contributed by atoms with Gasteiger partial charge in [-0.25, -0.2) is 0 Å². The molecule has 144 valence electrons. The average Bonchev–Trinajstić information content (AvgIpc) is 3.19. The zero-order valence-corrected chi connectivity index (χ0v) is 17.5. The van der Waals surface area contributed by atoms with Gasteiger partial charge < -0.3 is 14.2 Å². The van der Waals surface area contributed by atoms with Crippen molar-refractivity contribution in [2.45, 2.75) is 26.7 Å². The number of methoxy groups -OCH3 is 3. The summed E-state index contributed by atoms with van der Waals surface area (Å²) in [6.07, 6.45) is 10.1. The number of aromatic nitrogens is 1. The van der Waals surface area contributed by atoms with Crippen LogP contribution in [0.15, 0.2) is 48.7 Å². The average molecular weight is 386 g/mol. The van der Waals surface area contributed by atoms with Crippen LogP contribution < -0.4 is 14.2 Å². The van der Waals surface area contributed by atoms with Gasteiger partial charge in [0.05, 0.1) is 26.2 Å². The van der Waals surface area contributed by atoms with Crippen molar-refractivity contribution in [1.82, 2.24) is 4.37 Å². The van der Waals surface area contributed by atoms with Gasteiger partial charge in [0.15, 0.2) is 11.5 Å².